The van der Waals surface area contributed by atoms with Gasteiger partial charge in [0.05, 0.1) is 0 Å². The normalized spacial score (nSPS) is 20.2. The molecule has 2 N–H and O–H groups in total. The number of nitrogens with zero attached hydrogens (tertiary/aromatic N) is 1. The molecule has 1 aliphatic heterocycles. The predicted octanol–water partition coefficient (Wildman–Crippen LogP) is 1.00. The lowest BCUT2D eigenvalue weighted by molar-refractivity contribution is -0.141. The lowest BCUT2D eigenvalue weighted by Gasteiger charge is -2.14. The Hall–Kier alpha value is -1.39. The van der Waals surface area contributed by atoms with Crippen LogP contribution in [0, 0.1) is 0 Å². The Morgan fingerprint density at radius 3 is 2.85 bits per heavy atom. The van der Waals surface area contributed by atoms with Crippen LogP contribution in [0.4, 0.5) is 5.69 Å². The molecule has 1 atom stereocenters. The molecule has 4 nitrogen and oxygen atoms in total. The summed E-state index contributed by atoms with van der Waals surface area (Å²) < 4.78 is 0. The van der Waals surface area contributed by atoms with E-state index in [2.05, 4.69) is 5.32 Å². The first kappa shape index (κ1) is 8.22. The van der Waals surface area contributed by atoms with Crippen LogP contribution in [-0.2, 0) is 4.79 Å². The summed E-state index contributed by atoms with van der Waals surface area (Å²) in [5.74, 6) is -0.189. The molecule has 0 saturated heterocycles. The molecule has 0 aliphatic carbocycles. The highest BCUT2D eigenvalue weighted by Crippen LogP contribution is 2.32. The summed E-state index contributed by atoms with van der Waals surface area (Å²) in [6.45, 7) is 0. The highest BCUT2D eigenvalue weighted by molar-refractivity contribution is 6.02. The lowest BCUT2D eigenvalue weighted by atomic mass is 10.1. The summed E-state index contributed by atoms with van der Waals surface area (Å²) in [7, 11) is 1.46. The minimum atomic E-state index is -0.573. The Labute approximate surface area is 75.7 Å². The van der Waals surface area contributed by atoms with Gasteiger partial charge in [0.2, 0.25) is 5.91 Å². The number of hydrogen-bond donors (Lipinski definition) is 2. The molecule has 4 heteroatoms. The number of carbonyl (C=O) groups excluding carboxylic acids is 1. The van der Waals surface area contributed by atoms with Crippen LogP contribution in [-0.4, -0.2) is 23.2 Å². The molecule has 1 aromatic carbocycles. The van der Waals surface area contributed by atoms with Gasteiger partial charge in [0, 0.05) is 18.3 Å². The van der Waals surface area contributed by atoms with E-state index in [4.69, 9.17) is 0 Å². The van der Waals surface area contributed by atoms with E-state index >= 15 is 0 Å². The molecule has 1 heterocycles. The monoisotopic (exact) mass is 178 g/mol. The summed E-state index contributed by atoms with van der Waals surface area (Å²) >= 11 is 0. The number of likely N-dealkylation sites (N-methyl/N-ethyl adjacent to an activating group) is 1. The van der Waals surface area contributed by atoms with Gasteiger partial charge >= 0.3 is 0 Å². The zero-order valence-corrected chi connectivity index (χ0v) is 7.19. The molecule has 0 saturated carbocycles. The van der Waals surface area contributed by atoms with Gasteiger partial charge in [-0.1, -0.05) is 18.2 Å². The van der Waals surface area contributed by atoms with E-state index in [1.807, 2.05) is 24.3 Å². The number of para-hydroxylation sites is 1. The van der Waals surface area contributed by atoms with E-state index in [0.717, 1.165) is 16.3 Å². The molecule has 0 radical (unpaired) electrons. The van der Waals surface area contributed by atoms with Crippen molar-refractivity contribution in [2.45, 2.75) is 6.04 Å². The zero-order chi connectivity index (χ0) is 9.42. The average Bonchev–Trinajstić information content (AvgIpc) is 2.39. The number of rotatable bonds is 1. The Morgan fingerprint density at radius 1 is 1.46 bits per heavy atom. The van der Waals surface area contributed by atoms with Crippen molar-refractivity contribution in [2.24, 2.45) is 0 Å². The number of hydrogen-bond acceptors (Lipinski definition) is 3. The number of carbonyl (C=O) groups is 1. The molecule has 13 heavy (non-hydrogen) atoms. The maximum Gasteiger partial charge on any atom is 0.248 e. The van der Waals surface area contributed by atoms with E-state index in [-0.39, 0.29) is 5.91 Å². The maximum absolute atomic E-state index is 11.4. The van der Waals surface area contributed by atoms with Crippen molar-refractivity contribution in [3.63, 3.8) is 0 Å². The molecule has 1 aromatic rings. The quantitative estimate of drug-likeness (QED) is 0.631. The second-order valence-electron chi connectivity index (χ2n) is 3.05. The molecule has 1 unspecified atom stereocenters. The fourth-order valence-electron chi connectivity index (χ4n) is 1.56. The number of benzene rings is 1. The van der Waals surface area contributed by atoms with Crippen molar-refractivity contribution < 1.29 is 10.0 Å². The van der Waals surface area contributed by atoms with Crippen LogP contribution in [0.3, 0.4) is 0 Å². The first-order valence-corrected chi connectivity index (χ1v) is 4.01. The topological polar surface area (TPSA) is 52.6 Å². The summed E-state index contributed by atoms with van der Waals surface area (Å²) in [5, 5.41) is 12.8. The molecule has 68 valence electrons. The van der Waals surface area contributed by atoms with Gasteiger partial charge in [-0.15, -0.1) is 0 Å². The van der Waals surface area contributed by atoms with Crippen molar-refractivity contribution >= 4 is 11.6 Å². The molecular weight excluding hydrogens is 168 g/mol. The van der Waals surface area contributed by atoms with Crippen LogP contribution < -0.4 is 5.32 Å². The minimum absolute atomic E-state index is 0.189. The van der Waals surface area contributed by atoms with Gasteiger partial charge in [-0.3, -0.25) is 4.79 Å². The third-order valence-electron chi connectivity index (χ3n) is 2.14. The van der Waals surface area contributed by atoms with Gasteiger partial charge in [0.1, 0.15) is 6.04 Å². The van der Waals surface area contributed by atoms with Gasteiger partial charge in [0.15, 0.2) is 0 Å². The highest BCUT2D eigenvalue weighted by atomic mass is 16.5. The van der Waals surface area contributed by atoms with Gasteiger partial charge in [-0.05, 0) is 6.07 Å². The maximum atomic E-state index is 11.4. The molecule has 2 rings (SSSR count). The molecule has 0 bridgehead atoms. The summed E-state index contributed by atoms with van der Waals surface area (Å²) in [6.07, 6.45) is 0. The van der Waals surface area contributed by atoms with E-state index in [1.54, 1.807) is 0 Å². The van der Waals surface area contributed by atoms with Crippen molar-refractivity contribution in [1.82, 2.24) is 5.06 Å². The Balaban J connectivity index is 2.46. The SMILES string of the molecule is CN(O)C1C(=O)Nc2ccccc21. The van der Waals surface area contributed by atoms with Crippen LogP contribution in [0.2, 0.25) is 0 Å². The fourth-order valence-corrected chi connectivity index (χ4v) is 1.56. The van der Waals surface area contributed by atoms with E-state index < -0.39 is 6.04 Å². The fraction of sp³-hybridized carbons (Fsp3) is 0.222. The van der Waals surface area contributed by atoms with Crippen LogP contribution in [0.5, 0.6) is 0 Å². The largest absolute Gasteiger partial charge is 0.324 e. The van der Waals surface area contributed by atoms with Crippen molar-refractivity contribution in [3.8, 4) is 0 Å². The predicted molar refractivity (Wildman–Crippen MR) is 47.4 cm³/mol. The standard InChI is InChI=1S/C9H10N2O2/c1-11(13)8-6-4-2-3-5-7(6)10-9(8)12/h2-5,8,13H,1H3,(H,10,12). The third-order valence-corrected chi connectivity index (χ3v) is 2.14. The molecule has 0 spiro atoms. The van der Waals surface area contributed by atoms with Crippen LogP contribution >= 0.6 is 0 Å². The third kappa shape index (κ3) is 1.20. The summed E-state index contributed by atoms with van der Waals surface area (Å²) in [5.41, 5.74) is 1.59. The van der Waals surface area contributed by atoms with E-state index in [9.17, 15) is 10.0 Å². The zero-order valence-electron chi connectivity index (χ0n) is 7.19. The molecule has 1 aliphatic rings. The van der Waals surface area contributed by atoms with Crippen molar-refractivity contribution in [2.75, 3.05) is 12.4 Å². The average molecular weight is 178 g/mol. The highest BCUT2D eigenvalue weighted by Gasteiger charge is 2.32. The number of anilines is 1. The summed E-state index contributed by atoms with van der Waals surface area (Å²) in [4.78, 5) is 11.4. The van der Waals surface area contributed by atoms with Gasteiger partial charge < -0.3 is 10.5 Å². The summed E-state index contributed by atoms with van der Waals surface area (Å²) in [6, 6.07) is 6.76. The minimum Gasteiger partial charge on any atom is -0.324 e. The Bertz CT molecular complexity index is 349. The molecule has 0 fully saturated rings. The smallest absolute Gasteiger partial charge is 0.248 e. The Kier molecular flexibility index (Phi) is 1.79. The van der Waals surface area contributed by atoms with E-state index in [1.165, 1.54) is 7.05 Å². The van der Waals surface area contributed by atoms with Crippen molar-refractivity contribution in [3.05, 3.63) is 29.8 Å². The first-order chi connectivity index (χ1) is 6.20. The number of nitrogens with one attached hydrogen (secondary N) is 1. The number of amides is 1. The van der Waals surface area contributed by atoms with Gasteiger partial charge in [0.25, 0.3) is 0 Å². The van der Waals surface area contributed by atoms with Crippen LogP contribution in [0.25, 0.3) is 0 Å². The number of hydroxylamine groups is 2. The van der Waals surface area contributed by atoms with Crippen LogP contribution in [0.1, 0.15) is 11.6 Å². The number of fused-ring (bicyclic) bond motifs is 1. The van der Waals surface area contributed by atoms with Crippen LogP contribution in [0.15, 0.2) is 24.3 Å². The van der Waals surface area contributed by atoms with Gasteiger partial charge in [-0.2, -0.15) is 5.06 Å². The molecule has 0 aromatic heterocycles. The van der Waals surface area contributed by atoms with Crippen molar-refractivity contribution in [1.29, 1.82) is 0 Å². The first-order valence-electron chi connectivity index (χ1n) is 4.01. The lowest BCUT2D eigenvalue weighted by Crippen LogP contribution is -2.26. The van der Waals surface area contributed by atoms with Gasteiger partial charge in [-0.25, -0.2) is 0 Å². The second-order valence-corrected chi connectivity index (χ2v) is 3.05. The Morgan fingerprint density at radius 2 is 2.15 bits per heavy atom. The van der Waals surface area contributed by atoms with E-state index in [0.29, 0.717) is 0 Å². The second kappa shape index (κ2) is 2.83. The molecule has 1 amide bonds. The molecular formula is C9H10N2O2.